The van der Waals surface area contributed by atoms with Crippen LogP contribution in [0.4, 0.5) is 0 Å². The van der Waals surface area contributed by atoms with E-state index in [0.717, 1.165) is 0 Å². The van der Waals surface area contributed by atoms with Crippen LogP contribution in [0.3, 0.4) is 0 Å². The molecule has 0 aromatic carbocycles. The van der Waals surface area contributed by atoms with Gasteiger partial charge >= 0.3 is 0 Å². The maximum Gasteiger partial charge on any atom is 0.184 e. The molecule has 4 N–H and O–H groups in total. The third-order valence-corrected chi connectivity index (χ3v) is 2.27. The zero-order chi connectivity index (χ0) is 11.6. The van der Waals surface area contributed by atoms with Gasteiger partial charge in [-0.25, -0.2) is 0 Å². The van der Waals surface area contributed by atoms with Crippen LogP contribution in [0.25, 0.3) is 0 Å². The van der Waals surface area contributed by atoms with E-state index in [1.807, 2.05) is 0 Å². The van der Waals surface area contributed by atoms with Crippen molar-refractivity contribution >= 4 is 0 Å². The van der Waals surface area contributed by atoms with Gasteiger partial charge in [-0.15, -0.1) is 0 Å². The molecule has 6 nitrogen and oxygen atoms in total. The van der Waals surface area contributed by atoms with Crippen LogP contribution in [-0.2, 0) is 9.47 Å². The van der Waals surface area contributed by atoms with Gasteiger partial charge in [0.15, 0.2) is 6.29 Å². The third kappa shape index (κ3) is 2.87. The van der Waals surface area contributed by atoms with Crippen molar-refractivity contribution in [2.75, 3.05) is 6.61 Å². The van der Waals surface area contributed by atoms with Crippen molar-refractivity contribution in [3.63, 3.8) is 0 Å². The summed E-state index contributed by atoms with van der Waals surface area (Å²) < 4.78 is 10.1. The molecule has 0 bridgehead atoms. The highest BCUT2D eigenvalue weighted by Crippen LogP contribution is 2.22. The number of aliphatic hydroxyl groups excluding tert-OH is 4. The summed E-state index contributed by atoms with van der Waals surface area (Å²) >= 11 is 0. The van der Waals surface area contributed by atoms with E-state index in [0.29, 0.717) is 0 Å². The van der Waals surface area contributed by atoms with Crippen LogP contribution in [0, 0.1) is 0 Å². The van der Waals surface area contributed by atoms with Gasteiger partial charge in [0.05, 0.1) is 12.7 Å². The number of rotatable bonds is 3. The van der Waals surface area contributed by atoms with Gasteiger partial charge in [0.2, 0.25) is 0 Å². The Balaban J connectivity index is 2.66. The number of hydrogen-bond acceptors (Lipinski definition) is 6. The van der Waals surface area contributed by atoms with Crippen LogP contribution in [0.2, 0.25) is 0 Å². The van der Waals surface area contributed by atoms with Crippen LogP contribution < -0.4 is 0 Å². The van der Waals surface area contributed by atoms with Gasteiger partial charge < -0.3 is 29.9 Å². The van der Waals surface area contributed by atoms with Crippen LogP contribution in [0.1, 0.15) is 13.8 Å². The molecule has 1 fully saturated rings. The predicted molar refractivity (Wildman–Crippen MR) is 50.0 cm³/mol. The highest BCUT2D eigenvalue weighted by molar-refractivity contribution is 4.89. The Morgan fingerprint density at radius 3 is 2.27 bits per heavy atom. The number of ether oxygens (including phenoxy) is 2. The molecule has 5 unspecified atom stereocenters. The summed E-state index contributed by atoms with van der Waals surface area (Å²) in [5, 5.41) is 37.4. The lowest BCUT2D eigenvalue weighted by molar-refractivity contribution is -0.301. The van der Waals surface area contributed by atoms with Gasteiger partial charge in [0.1, 0.15) is 24.4 Å². The van der Waals surface area contributed by atoms with Crippen LogP contribution in [0.15, 0.2) is 0 Å². The summed E-state index contributed by atoms with van der Waals surface area (Å²) in [5.41, 5.74) is 0. The van der Waals surface area contributed by atoms with Crippen LogP contribution >= 0.6 is 0 Å². The molecule has 0 aliphatic carbocycles. The van der Waals surface area contributed by atoms with Crippen molar-refractivity contribution in [3.05, 3.63) is 0 Å². The zero-order valence-electron chi connectivity index (χ0n) is 8.78. The summed E-state index contributed by atoms with van der Waals surface area (Å²) in [6, 6.07) is 0. The molecule has 6 heteroatoms. The molecule has 0 aromatic heterocycles. The van der Waals surface area contributed by atoms with E-state index in [1.54, 1.807) is 13.8 Å². The second kappa shape index (κ2) is 5.20. The summed E-state index contributed by atoms with van der Waals surface area (Å²) in [4.78, 5) is 0. The Bertz CT molecular complexity index is 197. The largest absolute Gasteiger partial charge is 0.394 e. The lowest BCUT2D eigenvalue weighted by Crippen LogP contribution is -2.59. The van der Waals surface area contributed by atoms with E-state index in [4.69, 9.17) is 14.6 Å². The Kier molecular flexibility index (Phi) is 4.45. The first-order valence-electron chi connectivity index (χ1n) is 4.93. The van der Waals surface area contributed by atoms with E-state index in [-0.39, 0.29) is 6.10 Å². The van der Waals surface area contributed by atoms with E-state index in [9.17, 15) is 15.3 Å². The highest BCUT2D eigenvalue weighted by atomic mass is 16.7. The molecular formula is C9H18O6. The van der Waals surface area contributed by atoms with E-state index < -0.39 is 37.3 Å². The van der Waals surface area contributed by atoms with Crippen molar-refractivity contribution in [2.45, 2.75) is 50.7 Å². The van der Waals surface area contributed by atoms with Gasteiger partial charge in [0.25, 0.3) is 0 Å². The number of aliphatic hydroxyl groups is 4. The highest BCUT2D eigenvalue weighted by Gasteiger charge is 2.44. The van der Waals surface area contributed by atoms with Crippen molar-refractivity contribution in [3.8, 4) is 0 Å². The molecule has 5 atom stereocenters. The first-order valence-corrected chi connectivity index (χ1v) is 4.93. The molecule has 1 heterocycles. The van der Waals surface area contributed by atoms with Crippen molar-refractivity contribution in [1.82, 2.24) is 0 Å². The quantitative estimate of drug-likeness (QED) is 0.450. The fourth-order valence-electron chi connectivity index (χ4n) is 1.53. The molecule has 0 radical (unpaired) electrons. The predicted octanol–water partition coefficient (Wildman–Crippen LogP) is -1.79. The average molecular weight is 222 g/mol. The maximum atomic E-state index is 9.63. The molecule has 1 aliphatic heterocycles. The summed E-state index contributed by atoms with van der Waals surface area (Å²) in [7, 11) is 0. The average Bonchev–Trinajstić information content (AvgIpc) is 2.18. The molecule has 15 heavy (non-hydrogen) atoms. The molecule has 90 valence electrons. The minimum absolute atomic E-state index is 0.208. The Morgan fingerprint density at radius 1 is 1.20 bits per heavy atom. The molecular weight excluding hydrogens is 204 g/mol. The SMILES string of the molecule is CC(C)OC1C(O)OC(CO)C(O)C1O. The van der Waals surface area contributed by atoms with E-state index in [2.05, 4.69) is 0 Å². The third-order valence-electron chi connectivity index (χ3n) is 2.27. The van der Waals surface area contributed by atoms with Gasteiger partial charge in [0, 0.05) is 0 Å². The first kappa shape index (κ1) is 12.8. The Labute approximate surface area is 88.1 Å². The molecule has 0 spiro atoms. The topological polar surface area (TPSA) is 99.4 Å². The Hall–Kier alpha value is -0.240. The number of hydrogen-bond donors (Lipinski definition) is 4. The van der Waals surface area contributed by atoms with Crippen LogP contribution in [-0.4, -0.2) is 63.8 Å². The minimum atomic E-state index is -1.34. The Morgan fingerprint density at radius 2 is 1.80 bits per heavy atom. The second-order valence-corrected chi connectivity index (χ2v) is 3.88. The van der Waals surface area contributed by atoms with Crippen molar-refractivity contribution in [2.24, 2.45) is 0 Å². The lowest BCUT2D eigenvalue weighted by atomic mass is 9.99. The van der Waals surface area contributed by atoms with E-state index >= 15 is 0 Å². The summed E-state index contributed by atoms with van der Waals surface area (Å²) in [5.74, 6) is 0. The van der Waals surface area contributed by atoms with Crippen LogP contribution in [0.5, 0.6) is 0 Å². The van der Waals surface area contributed by atoms with Crippen molar-refractivity contribution < 1.29 is 29.9 Å². The normalized spacial score (nSPS) is 42.2. The zero-order valence-corrected chi connectivity index (χ0v) is 8.78. The van der Waals surface area contributed by atoms with E-state index in [1.165, 1.54) is 0 Å². The molecule has 1 saturated heterocycles. The van der Waals surface area contributed by atoms with Gasteiger partial charge in [-0.3, -0.25) is 0 Å². The summed E-state index contributed by atoms with van der Waals surface area (Å²) in [6.07, 6.45) is -6.07. The first-order chi connectivity index (χ1) is 6.97. The van der Waals surface area contributed by atoms with Gasteiger partial charge in [-0.1, -0.05) is 0 Å². The second-order valence-electron chi connectivity index (χ2n) is 3.88. The fourth-order valence-corrected chi connectivity index (χ4v) is 1.53. The lowest BCUT2D eigenvalue weighted by Gasteiger charge is -2.40. The van der Waals surface area contributed by atoms with Gasteiger partial charge in [-0.2, -0.15) is 0 Å². The monoisotopic (exact) mass is 222 g/mol. The fraction of sp³-hybridized carbons (Fsp3) is 1.00. The molecule has 1 rings (SSSR count). The maximum absolute atomic E-state index is 9.63. The van der Waals surface area contributed by atoms with Gasteiger partial charge in [-0.05, 0) is 13.8 Å². The summed E-state index contributed by atoms with van der Waals surface area (Å²) in [6.45, 7) is 3.01. The molecule has 0 amide bonds. The molecule has 0 aromatic rings. The molecule has 1 aliphatic rings. The van der Waals surface area contributed by atoms with Crippen molar-refractivity contribution in [1.29, 1.82) is 0 Å². The minimum Gasteiger partial charge on any atom is -0.394 e. The standard InChI is InChI=1S/C9H18O6/c1-4(2)14-8-7(12)6(11)5(3-10)15-9(8)13/h4-13H,3H2,1-2H3. The molecule has 0 saturated carbocycles. The smallest absolute Gasteiger partial charge is 0.184 e.